The van der Waals surface area contributed by atoms with Gasteiger partial charge in [0.15, 0.2) is 5.16 Å². The molecule has 2 heterocycles. The molecule has 0 aliphatic carbocycles. The molecule has 6 nitrogen and oxygen atoms in total. The van der Waals surface area contributed by atoms with Crippen molar-refractivity contribution >= 4 is 22.7 Å². The Balaban J connectivity index is 1.66. The number of rotatable bonds is 6. The van der Waals surface area contributed by atoms with Crippen molar-refractivity contribution in [2.45, 2.75) is 30.8 Å². The Morgan fingerprint density at radius 1 is 1.27 bits per heavy atom. The van der Waals surface area contributed by atoms with Gasteiger partial charge in [-0.2, -0.15) is 4.98 Å². The summed E-state index contributed by atoms with van der Waals surface area (Å²) in [6.07, 6.45) is 1.66. The Labute approximate surface area is 176 Å². The second-order valence-corrected chi connectivity index (χ2v) is 8.10. The third-order valence-electron chi connectivity index (χ3n) is 4.64. The Morgan fingerprint density at radius 2 is 2.07 bits per heavy atom. The number of allylic oxidation sites excluding steroid dienone is 1. The topological polar surface area (TPSA) is 73.8 Å². The molecule has 1 unspecified atom stereocenters. The fraction of sp³-hybridized carbons (Fsp3) is 0.182. The standard InChI is InChI=1S/C22H19FN4O2S/c1-4-11-27-21(28)16-7-5-6-8-18(16)24-22(27)30-14(3)20-25-19(26-29-20)15-10-9-13(2)17(23)12-15/h4-10,12,14H,1,11H2,2-3H3. The van der Waals surface area contributed by atoms with Crippen LogP contribution in [0.3, 0.4) is 0 Å². The van der Waals surface area contributed by atoms with E-state index in [-0.39, 0.29) is 16.6 Å². The molecule has 0 N–H and O–H groups in total. The molecular formula is C22H19FN4O2S. The second kappa shape index (κ2) is 8.23. The molecule has 4 aromatic rings. The van der Waals surface area contributed by atoms with Crippen LogP contribution < -0.4 is 5.56 Å². The van der Waals surface area contributed by atoms with E-state index in [0.717, 1.165) is 0 Å². The van der Waals surface area contributed by atoms with Gasteiger partial charge in [0.2, 0.25) is 11.7 Å². The van der Waals surface area contributed by atoms with Crippen molar-refractivity contribution in [1.82, 2.24) is 19.7 Å². The average Bonchev–Trinajstić information content (AvgIpc) is 3.23. The summed E-state index contributed by atoms with van der Waals surface area (Å²) >= 11 is 1.34. The van der Waals surface area contributed by atoms with Crippen LogP contribution in [0.15, 0.2) is 69.6 Å². The van der Waals surface area contributed by atoms with E-state index in [1.807, 2.05) is 19.1 Å². The minimum atomic E-state index is -0.324. The summed E-state index contributed by atoms with van der Waals surface area (Å²) < 4.78 is 20.8. The molecule has 8 heteroatoms. The highest BCUT2D eigenvalue weighted by Crippen LogP contribution is 2.34. The van der Waals surface area contributed by atoms with Crippen LogP contribution in [-0.2, 0) is 6.54 Å². The van der Waals surface area contributed by atoms with E-state index in [0.29, 0.717) is 45.4 Å². The first-order valence-corrected chi connectivity index (χ1v) is 10.2. The number of hydrogen-bond donors (Lipinski definition) is 0. The van der Waals surface area contributed by atoms with Gasteiger partial charge < -0.3 is 4.52 Å². The van der Waals surface area contributed by atoms with Gasteiger partial charge in [0, 0.05) is 12.1 Å². The summed E-state index contributed by atoms with van der Waals surface area (Å²) in [5.41, 5.74) is 1.59. The number of benzene rings is 2. The first-order valence-electron chi connectivity index (χ1n) is 9.35. The van der Waals surface area contributed by atoms with Crippen LogP contribution in [0.25, 0.3) is 22.3 Å². The van der Waals surface area contributed by atoms with E-state index in [9.17, 15) is 9.18 Å². The molecule has 0 radical (unpaired) electrons. The van der Waals surface area contributed by atoms with Gasteiger partial charge in [-0.25, -0.2) is 9.37 Å². The molecule has 0 fully saturated rings. The van der Waals surface area contributed by atoms with E-state index in [2.05, 4.69) is 21.7 Å². The molecule has 1 atom stereocenters. The molecule has 0 aliphatic rings. The van der Waals surface area contributed by atoms with Crippen molar-refractivity contribution < 1.29 is 8.91 Å². The van der Waals surface area contributed by atoms with Gasteiger partial charge in [-0.1, -0.05) is 47.3 Å². The van der Waals surface area contributed by atoms with Crippen molar-refractivity contribution in [3.8, 4) is 11.4 Å². The smallest absolute Gasteiger partial charge is 0.262 e. The summed E-state index contributed by atoms with van der Waals surface area (Å²) in [6, 6.07) is 12.0. The van der Waals surface area contributed by atoms with Crippen LogP contribution in [0, 0.1) is 12.7 Å². The van der Waals surface area contributed by atoms with E-state index >= 15 is 0 Å². The van der Waals surface area contributed by atoms with Gasteiger partial charge in [0.25, 0.3) is 5.56 Å². The number of aryl methyl sites for hydroxylation is 1. The summed E-state index contributed by atoms with van der Waals surface area (Å²) in [5.74, 6) is 0.352. The predicted molar refractivity (Wildman–Crippen MR) is 115 cm³/mol. The number of fused-ring (bicyclic) bond motifs is 1. The lowest BCUT2D eigenvalue weighted by atomic mass is 10.1. The fourth-order valence-corrected chi connectivity index (χ4v) is 3.93. The van der Waals surface area contributed by atoms with Crippen LogP contribution in [0.5, 0.6) is 0 Å². The molecule has 0 amide bonds. The number of nitrogens with zero attached hydrogens (tertiary/aromatic N) is 4. The molecule has 4 rings (SSSR count). The van der Waals surface area contributed by atoms with Gasteiger partial charge in [0.05, 0.1) is 16.2 Å². The van der Waals surface area contributed by atoms with Gasteiger partial charge in [-0.05, 0) is 37.6 Å². The van der Waals surface area contributed by atoms with Crippen molar-refractivity contribution in [1.29, 1.82) is 0 Å². The lowest BCUT2D eigenvalue weighted by Gasteiger charge is -2.13. The van der Waals surface area contributed by atoms with E-state index in [1.54, 1.807) is 41.8 Å². The van der Waals surface area contributed by atoms with Gasteiger partial charge in [-0.3, -0.25) is 9.36 Å². The zero-order chi connectivity index (χ0) is 21.3. The number of para-hydroxylation sites is 1. The molecular weight excluding hydrogens is 403 g/mol. The SMILES string of the molecule is C=CCn1c(SC(C)c2nc(-c3ccc(C)c(F)c3)no2)nc2ccccc2c1=O. The van der Waals surface area contributed by atoms with Crippen LogP contribution >= 0.6 is 11.8 Å². The molecule has 2 aromatic heterocycles. The summed E-state index contributed by atoms with van der Waals surface area (Å²) in [7, 11) is 0. The van der Waals surface area contributed by atoms with Crippen LogP contribution in [-0.4, -0.2) is 19.7 Å². The minimum Gasteiger partial charge on any atom is -0.338 e. The van der Waals surface area contributed by atoms with Crippen molar-refractivity contribution in [2.24, 2.45) is 0 Å². The molecule has 0 saturated carbocycles. The third kappa shape index (κ3) is 3.78. The van der Waals surface area contributed by atoms with Crippen molar-refractivity contribution in [3.05, 3.63) is 82.7 Å². The summed E-state index contributed by atoms with van der Waals surface area (Å²) in [6.45, 7) is 7.65. The van der Waals surface area contributed by atoms with Crippen LogP contribution in [0.4, 0.5) is 4.39 Å². The number of thioether (sulfide) groups is 1. The Bertz CT molecular complexity index is 1300. The molecule has 2 aromatic carbocycles. The average molecular weight is 422 g/mol. The first-order chi connectivity index (χ1) is 14.5. The lowest BCUT2D eigenvalue weighted by Crippen LogP contribution is -2.23. The normalized spacial score (nSPS) is 12.2. The van der Waals surface area contributed by atoms with Gasteiger partial charge in [-0.15, -0.1) is 6.58 Å². The third-order valence-corrected chi connectivity index (χ3v) is 5.72. The van der Waals surface area contributed by atoms with Crippen LogP contribution in [0.1, 0.15) is 23.6 Å². The van der Waals surface area contributed by atoms with Gasteiger partial charge in [0.1, 0.15) is 5.82 Å². The Kier molecular flexibility index (Phi) is 5.50. The minimum absolute atomic E-state index is 0.128. The fourth-order valence-electron chi connectivity index (χ4n) is 2.99. The van der Waals surface area contributed by atoms with Crippen molar-refractivity contribution in [2.75, 3.05) is 0 Å². The van der Waals surface area contributed by atoms with Gasteiger partial charge >= 0.3 is 0 Å². The van der Waals surface area contributed by atoms with Crippen LogP contribution in [0.2, 0.25) is 0 Å². The second-order valence-electron chi connectivity index (χ2n) is 6.80. The van der Waals surface area contributed by atoms with E-state index < -0.39 is 0 Å². The number of hydrogen-bond acceptors (Lipinski definition) is 6. The summed E-state index contributed by atoms with van der Waals surface area (Å²) in [5, 5.41) is 4.79. The Hall–Kier alpha value is -3.26. The maximum atomic E-state index is 13.9. The molecule has 0 saturated heterocycles. The lowest BCUT2D eigenvalue weighted by molar-refractivity contribution is 0.380. The molecule has 0 bridgehead atoms. The zero-order valence-corrected chi connectivity index (χ0v) is 17.3. The van der Waals surface area contributed by atoms with Crippen molar-refractivity contribution in [3.63, 3.8) is 0 Å². The highest BCUT2D eigenvalue weighted by molar-refractivity contribution is 7.99. The maximum Gasteiger partial charge on any atom is 0.262 e. The Morgan fingerprint density at radius 3 is 2.83 bits per heavy atom. The summed E-state index contributed by atoms with van der Waals surface area (Å²) in [4.78, 5) is 21.9. The highest BCUT2D eigenvalue weighted by atomic mass is 32.2. The first kappa shape index (κ1) is 20.0. The highest BCUT2D eigenvalue weighted by Gasteiger charge is 2.20. The number of halogens is 1. The number of aromatic nitrogens is 4. The predicted octanol–water partition coefficient (Wildman–Crippen LogP) is 4.93. The molecule has 152 valence electrons. The zero-order valence-electron chi connectivity index (χ0n) is 16.5. The quantitative estimate of drug-likeness (QED) is 0.249. The van der Waals surface area contributed by atoms with E-state index in [1.165, 1.54) is 17.8 Å². The van der Waals surface area contributed by atoms with E-state index in [4.69, 9.17) is 4.52 Å². The molecule has 0 aliphatic heterocycles. The maximum absolute atomic E-state index is 13.9. The molecule has 30 heavy (non-hydrogen) atoms. The largest absolute Gasteiger partial charge is 0.338 e. The monoisotopic (exact) mass is 422 g/mol. The molecule has 0 spiro atoms.